The first-order valence-electron chi connectivity index (χ1n) is 8.68. The lowest BCUT2D eigenvalue weighted by atomic mass is 10.2. The molecule has 27 heavy (non-hydrogen) atoms. The van der Waals surface area contributed by atoms with E-state index in [2.05, 4.69) is 5.32 Å². The second kappa shape index (κ2) is 8.43. The fourth-order valence-corrected chi connectivity index (χ4v) is 4.47. The standard InChI is InChI=1S/C18H22ClN3O4S/c1-14(17-3-2-12-26-17)20-13-18(23)21-8-10-22(11-9-21)27(24,25)16-6-4-15(19)5-7-16/h2-7,12,14,20H,8-11,13H2,1H3/t14-/m0/s1. The van der Waals surface area contributed by atoms with Gasteiger partial charge >= 0.3 is 0 Å². The van der Waals surface area contributed by atoms with E-state index in [0.29, 0.717) is 18.1 Å². The average molecular weight is 412 g/mol. The van der Waals surface area contributed by atoms with Crippen molar-refractivity contribution in [1.82, 2.24) is 14.5 Å². The summed E-state index contributed by atoms with van der Waals surface area (Å²) in [5.41, 5.74) is 0. The van der Waals surface area contributed by atoms with Crippen LogP contribution >= 0.6 is 11.6 Å². The summed E-state index contributed by atoms with van der Waals surface area (Å²) in [4.78, 5) is 14.3. The van der Waals surface area contributed by atoms with E-state index >= 15 is 0 Å². The van der Waals surface area contributed by atoms with Crippen LogP contribution in [0.15, 0.2) is 52.0 Å². The van der Waals surface area contributed by atoms with Crippen LogP contribution in [-0.2, 0) is 14.8 Å². The van der Waals surface area contributed by atoms with Gasteiger partial charge in [0.05, 0.1) is 23.7 Å². The molecule has 146 valence electrons. The van der Waals surface area contributed by atoms with Gasteiger partial charge in [0.15, 0.2) is 0 Å². The van der Waals surface area contributed by atoms with Gasteiger partial charge in [-0.2, -0.15) is 4.31 Å². The van der Waals surface area contributed by atoms with Gasteiger partial charge in [-0.05, 0) is 43.3 Å². The highest BCUT2D eigenvalue weighted by atomic mass is 35.5. The molecule has 3 rings (SSSR count). The topological polar surface area (TPSA) is 82.9 Å². The van der Waals surface area contributed by atoms with Crippen LogP contribution < -0.4 is 5.32 Å². The lowest BCUT2D eigenvalue weighted by Gasteiger charge is -2.34. The van der Waals surface area contributed by atoms with Crippen molar-refractivity contribution in [3.05, 3.63) is 53.4 Å². The van der Waals surface area contributed by atoms with Gasteiger partial charge in [0.2, 0.25) is 15.9 Å². The largest absolute Gasteiger partial charge is 0.468 e. The number of piperazine rings is 1. The lowest BCUT2D eigenvalue weighted by molar-refractivity contribution is -0.131. The average Bonchev–Trinajstić information content (AvgIpc) is 3.21. The van der Waals surface area contributed by atoms with Gasteiger partial charge in [-0.15, -0.1) is 0 Å². The number of halogens is 1. The van der Waals surface area contributed by atoms with E-state index in [-0.39, 0.29) is 36.5 Å². The molecule has 0 spiro atoms. The second-order valence-electron chi connectivity index (χ2n) is 6.36. The van der Waals surface area contributed by atoms with Crippen molar-refractivity contribution in [2.24, 2.45) is 0 Å². The maximum absolute atomic E-state index is 12.7. The monoisotopic (exact) mass is 411 g/mol. The van der Waals surface area contributed by atoms with E-state index in [1.807, 2.05) is 13.0 Å². The number of carbonyl (C=O) groups is 1. The Morgan fingerprint density at radius 1 is 1.19 bits per heavy atom. The smallest absolute Gasteiger partial charge is 0.243 e. The summed E-state index contributed by atoms with van der Waals surface area (Å²) in [5, 5.41) is 3.61. The summed E-state index contributed by atoms with van der Waals surface area (Å²) in [6.07, 6.45) is 1.59. The summed E-state index contributed by atoms with van der Waals surface area (Å²) in [5.74, 6) is 0.707. The molecule has 1 saturated heterocycles. The van der Waals surface area contributed by atoms with Crippen LogP contribution in [0.2, 0.25) is 5.02 Å². The molecule has 9 heteroatoms. The summed E-state index contributed by atoms with van der Waals surface area (Å²) in [6, 6.07) is 9.68. The molecule has 2 heterocycles. The Labute approximate surface area is 163 Å². The molecule has 1 aromatic carbocycles. The maximum atomic E-state index is 12.7. The number of nitrogens with zero attached hydrogens (tertiary/aromatic N) is 2. The van der Waals surface area contributed by atoms with E-state index in [1.165, 1.54) is 16.4 Å². The maximum Gasteiger partial charge on any atom is 0.243 e. The van der Waals surface area contributed by atoms with Crippen LogP contribution in [-0.4, -0.2) is 56.3 Å². The highest BCUT2D eigenvalue weighted by molar-refractivity contribution is 7.89. The molecule has 0 saturated carbocycles. The zero-order valence-electron chi connectivity index (χ0n) is 15.0. The molecule has 0 bridgehead atoms. The Kier molecular flexibility index (Phi) is 6.21. The number of benzene rings is 1. The Bertz CT molecular complexity index is 861. The van der Waals surface area contributed by atoms with Crippen LogP contribution in [0.4, 0.5) is 0 Å². The third kappa shape index (κ3) is 4.70. The summed E-state index contributed by atoms with van der Waals surface area (Å²) >= 11 is 5.82. The fourth-order valence-electron chi connectivity index (χ4n) is 2.92. The first-order chi connectivity index (χ1) is 12.9. The van der Waals surface area contributed by atoms with Crippen molar-refractivity contribution in [3.8, 4) is 0 Å². The minimum absolute atomic E-state index is 0.0584. The Hall–Kier alpha value is -1.87. The lowest BCUT2D eigenvalue weighted by Crippen LogP contribution is -2.52. The van der Waals surface area contributed by atoms with E-state index in [0.717, 1.165) is 5.76 Å². The first kappa shape index (κ1) is 19.9. The predicted octanol–water partition coefficient (Wildman–Crippen LogP) is 2.12. The zero-order chi connectivity index (χ0) is 19.4. The number of amides is 1. The normalized spacial score (nSPS) is 17.0. The number of rotatable bonds is 6. The summed E-state index contributed by atoms with van der Waals surface area (Å²) in [6.45, 7) is 3.36. The van der Waals surface area contributed by atoms with Crippen LogP contribution in [0.3, 0.4) is 0 Å². The molecule has 1 atom stereocenters. The van der Waals surface area contributed by atoms with Crippen molar-refractivity contribution in [3.63, 3.8) is 0 Å². The molecule has 1 aromatic heterocycles. The van der Waals surface area contributed by atoms with Gasteiger partial charge in [-0.25, -0.2) is 8.42 Å². The van der Waals surface area contributed by atoms with Gasteiger partial charge < -0.3 is 9.32 Å². The Morgan fingerprint density at radius 2 is 1.85 bits per heavy atom. The zero-order valence-corrected chi connectivity index (χ0v) is 16.5. The Balaban J connectivity index is 1.52. The predicted molar refractivity (Wildman–Crippen MR) is 102 cm³/mol. The molecule has 1 N–H and O–H groups in total. The van der Waals surface area contributed by atoms with E-state index in [9.17, 15) is 13.2 Å². The van der Waals surface area contributed by atoms with Gasteiger partial charge in [0.25, 0.3) is 0 Å². The van der Waals surface area contributed by atoms with E-state index in [1.54, 1.807) is 29.4 Å². The Morgan fingerprint density at radius 3 is 2.44 bits per heavy atom. The van der Waals surface area contributed by atoms with Crippen molar-refractivity contribution in [2.45, 2.75) is 17.9 Å². The molecule has 1 amide bonds. The minimum atomic E-state index is -3.57. The van der Waals surface area contributed by atoms with Crippen LogP contribution in [0.25, 0.3) is 0 Å². The van der Waals surface area contributed by atoms with Crippen LogP contribution in [0.5, 0.6) is 0 Å². The van der Waals surface area contributed by atoms with Gasteiger partial charge in [0.1, 0.15) is 5.76 Å². The van der Waals surface area contributed by atoms with Gasteiger partial charge in [0, 0.05) is 31.2 Å². The third-order valence-electron chi connectivity index (χ3n) is 4.57. The quantitative estimate of drug-likeness (QED) is 0.787. The number of hydrogen-bond acceptors (Lipinski definition) is 5. The molecule has 2 aromatic rings. The summed E-state index contributed by atoms with van der Waals surface area (Å²) < 4.78 is 32.1. The molecule has 1 aliphatic heterocycles. The SMILES string of the molecule is C[C@H](NCC(=O)N1CCN(S(=O)(=O)c2ccc(Cl)cc2)CC1)c1ccco1. The second-order valence-corrected chi connectivity index (χ2v) is 8.73. The molecular weight excluding hydrogens is 390 g/mol. The molecule has 0 aliphatic carbocycles. The highest BCUT2D eigenvalue weighted by Gasteiger charge is 2.30. The van der Waals surface area contributed by atoms with E-state index in [4.69, 9.17) is 16.0 Å². The van der Waals surface area contributed by atoms with Crippen molar-refractivity contribution in [1.29, 1.82) is 0 Å². The molecule has 0 radical (unpaired) electrons. The molecule has 0 unspecified atom stereocenters. The number of furan rings is 1. The number of carbonyl (C=O) groups excluding carboxylic acids is 1. The molecular formula is C18H22ClN3O4S. The van der Waals surface area contributed by atoms with Gasteiger partial charge in [-0.3, -0.25) is 10.1 Å². The van der Waals surface area contributed by atoms with E-state index < -0.39 is 10.0 Å². The van der Waals surface area contributed by atoms with Crippen molar-refractivity contribution < 1.29 is 17.6 Å². The third-order valence-corrected chi connectivity index (χ3v) is 6.74. The van der Waals surface area contributed by atoms with Crippen LogP contribution in [0, 0.1) is 0 Å². The van der Waals surface area contributed by atoms with Crippen molar-refractivity contribution in [2.75, 3.05) is 32.7 Å². The molecule has 1 fully saturated rings. The molecule has 1 aliphatic rings. The number of sulfonamides is 1. The molecule has 7 nitrogen and oxygen atoms in total. The number of hydrogen-bond donors (Lipinski definition) is 1. The minimum Gasteiger partial charge on any atom is -0.468 e. The summed E-state index contributed by atoms with van der Waals surface area (Å²) in [7, 11) is -3.57. The highest BCUT2D eigenvalue weighted by Crippen LogP contribution is 2.20. The van der Waals surface area contributed by atoms with Gasteiger partial charge in [-0.1, -0.05) is 11.6 Å². The van der Waals surface area contributed by atoms with Crippen LogP contribution in [0.1, 0.15) is 18.7 Å². The first-order valence-corrected chi connectivity index (χ1v) is 10.5. The number of nitrogens with one attached hydrogen (secondary N) is 1. The fraction of sp³-hybridized carbons (Fsp3) is 0.389. The van der Waals surface area contributed by atoms with Crippen molar-refractivity contribution >= 4 is 27.5 Å².